The summed E-state index contributed by atoms with van der Waals surface area (Å²) in [6.45, 7) is 0.142. The van der Waals surface area contributed by atoms with E-state index in [2.05, 4.69) is 25.5 Å². The summed E-state index contributed by atoms with van der Waals surface area (Å²) in [6.07, 6.45) is 1.41. The maximum atomic E-state index is 12.0. The molecule has 0 aliphatic rings. The van der Waals surface area contributed by atoms with E-state index in [0.29, 0.717) is 22.8 Å². The number of anilines is 1. The van der Waals surface area contributed by atoms with E-state index in [1.54, 1.807) is 18.2 Å². The molecule has 0 atom stereocenters. The summed E-state index contributed by atoms with van der Waals surface area (Å²) < 4.78 is 0. The van der Waals surface area contributed by atoms with Crippen LogP contribution in [0.4, 0.5) is 5.82 Å². The predicted octanol–water partition coefficient (Wildman–Crippen LogP) is 1.99. The number of rotatable bonds is 5. The topological polar surface area (TPSA) is 130 Å². The number of benzene rings is 2. The number of carbonyl (C=O) groups excluding carboxylic acids is 1. The Bertz CT molecular complexity index is 1140. The van der Waals surface area contributed by atoms with Crippen molar-refractivity contribution >= 4 is 22.6 Å². The number of aromatic nitrogens is 4. The van der Waals surface area contributed by atoms with E-state index in [4.69, 9.17) is 10.8 Å². The number of nitrogens with two attached hydrogens (primary N) is 1. The molecule has 0 saturated heterocycles. The van der Waals surface area contributed by atoms with Gasteiger partial charge in [-0.3, -0.25) is 9.89 Å². The van der Waals surface area contributed by atoms with Gasteiger partial charge in [0.2, 0.25) is 0 Å². The zero-order valence-corrected chi connectivity index (χ0v) is 14.9. The van der Waals surface area contributed by atoms with Crippen LogP contribution in [0.15, 0.2) is 54.9 Å². The molecule has 2 heterocycles. The number of nitrogens with zero attached hydrogens (tertiary/aromatic N) is 3. The van der Waals surface area contributed by atoms with E-state index in [0.717, 1.165) is 22.0 Å². The number of hydrogen-bond donors (Lipinski definition) is 4. The zero-order chi connectivity index (χ0) is 19.5. The summed E-state index contributed by atoms with van der Waals surface area (Å²) in [5, 5.41) is 19.7. The van der Waals surface area contributed by atoms with Crippen molar-refractivity contribution < 1.29 is 9.90 Å². The number of aromatic amines is 1. The molecule has 0 radical (unpaired) electrons. The van der Waals surface area contributed by atoms with Gasteiger partial charge >= 0.3 is 0 Å². The van der Waals surface area contributed by atoms with Gasteiger partial charge in [-0.25, -0.2) is 9.97 Å². The zero-order valence-electron chi connectivity index (χ0n) is 14.9. The van der Waals surface area contributed by atoms with Crippen molar-refractivity contribution in [2.75, 3.05) is 18.9 Å². The van der Waals surface area contributed by atoms with Crippen LogP contribution in [0.1, 0.15) is 10.4 Å². The van der Waals surface area contributed by atoms with Crippen molar-refractivity contribution in [3.63, 3.8) is 0 Å². The lowest BCUT2D eigenvalue weighted by atomic mass is 10.0. The van der Waals surface area contributed by atoms with Gasteiger partial charge < -0.3 is 16.2 Å². The molecule has 0 fully saturated rings. The molecule has 2 aromatic heterocycles. The third-order valence-electron chi connectivity index (χ3n) is 4.37. The number of hydrogen-bond acceptors (Lipinski definition) is 6. The molecule has 0 bridgehead atoms. The van der Waals surface area contributed by atoms with Crippen LogP contribution in [0.5, 0.6) is 0 Å². The second-order valence-electron chi connectivity index (χ2n) is 6.22. The maximum Gasteiger partial charge on any atom is 0.251 e. The highest BCUT2D eigenvalue weighted by molar-refractivity contribution is 5.96. The van der Waals surface area contributed by atoms with Crippen LogP contribution in [0, 0.1) is 0 Å². The minimum Gasteiger partial charge on any atom is -0.395 e. The lowest BCUT2D eigenvalue weighted by Crippen LogP contribution is -2.26. The van der Waals surface area contributed by atoms with Crippen LogP contribution < -0.4 is 11.1 Å². The molecule has 0 aliphatic heterocycles. The first-order valence-electron chi connectivity index (χ1n) is 8.71. The average molecular weight is 374 g/mol. The molecular formula is C20H18N6O2. The molecule has 0 spiro atoms. The standard InChI is InChI=1S/C20H18N6O2/c21-18-10-17(23-11-24-18)19-15-9-14(5-6-16(15)25-26-19)12-1-3-13(4-2-12)20(28)22-7-8-27/h1-6,9-11,27H,7-8H2,(H,22,28)(H,25,26)(H2,21,23,24). The van der Waals surface area contributed by atoms with Crippen molar-refractivity contribution in [3.8, 4) is 22.5 Å². The molecule has 140 valence electrons. The molecule has 28 heavy (non-hydrogen) atoms. The molecule has 0 saturated carbocycles. The van der Waals surface area contributed by atoms with Crippen LogP contribution in [-0.2, 0) is 0 Å². The fourth-order valence-electron chi connectivity index (χ4n) is 2.98. The molecule has 4 aromatic rings. The molecule has 1 amide bonds. The third-order valence-corrected chi connectivity index (χ3v) is 4.37. The molecule has 8 nitrogen and oxygen atoms in total. The molecule has 0 unspecified atom stereocenters. The number of nitrogen functional groups attached to an aromatic ring is 1. The highest BCUT2D eigenvalue weighted by Crippen LogP contribution is 2.30. The molecular weight excluding hydrogens is 356 g/mol. The quantitative estimate of drug-likeness (QED) is 0.423. The van der Waals surface area contributed by atoms with Crippen molar-refractivity contribution in [3.05, 3.63) is 60.4 Å². The van der Waals surface area contributed by atoms with Gasteiger partial charge in [-0.2, -0.15) is 5.10 Å². The van der Waals surface area contributed by atoms with Gasteiger partial charge in [0.25, 0.3) is 5.91 Å². The highest BCUT2D eigenvalue weighted by atomic mass is 16.3. The van der Waals surface area contributed by atoms with Gasteiger partial charge in [0.15, 0.2) is 0 Å². The van der Waals surface area contributed by atoms with Crippen molar-refractivity contribution in [1.29, 1.82) is 0 Å². The van der Waals surface area contributed by atoms with Gasteiger partial charge in [0.05, 0.1) is 17.8 Å². The predicted molar refractivity (Wildman–Crippen MR) is 106 cm³/mol. The number of fused-ring (bicyclic) bond motifs is 1. The largest absolute Gasteiger partial charge is 0.395 e. The fraction of sp³-hybridized carbons (Fsp3) is 0.100. The van der Waals surface area contributed by atoms with Crippen LogP contribution in [0.3, 0.4) is 0 Å². The summed E-state index contributed by atoms with van der Waals surface area (Å²) in [7, 11) is 0. The van der Waals surface area contributed by atoms with E-state index in [9.17, 15) is 4.79 Å². The van der Waals surface area contributed by atoms with E-state index >= 15 is 0 Å². The van der Waals surface area contributed by atoms with Crippen molar-refractivity contribution in [2.45, 2.75) is 0 Å². The first-order valence-corrected chi connectivity index (χ1v) is 8.71. The highest BCUT2D eigenvalue weighted by Gasteiger charge is 2.12. The summed E-state index contributed by atoms with van der Waals surface area (Å²) in [6, 6.07) is 14.9. The Hall–Kier alpha value is -3.78. The minimum atomic E-state index is -0.213. The van der Waals surface area contributed by atoms with Gasteiger partial charge in [0.1, 0.15) is 17.8 Å². The van der Waals surface area contributed by atoms with Gasteiger partial charge in [-0.1, -0.05) is 18.2 Å². The summed E-state index contributed by atoms with van der Waals surface area (Å²) >= 11 is 0. The van der Waals surface area contributed by atoms with Gasteiger partial charge in [-0.15, -0.1) is 0 Å². The van der Waals surface area contributed by atoms with Gasteiger partial charge in [-0.05, 0) is 35.4 Å². The fourth-order valence-corrected chi connectivity index (χ4v) is 2.98. The van der Waals surface area contributed by atoms with E-state index in [1.165, 1.54) is 6.33 Å². The first-order chi connectivity index (χ1) is 13.7. The Morgan fingerprint density at radius 2 is 1.86 bits per heavy atom. The second kappa shape index (κ2) is 7.45. The van der Waals surface area contributed by atoms with Crippen LogP contribution in [0.25, 0.3) is 33.4 Å². The van der Waals surface area contributed by atoms with Crippen LogP contribution >= 0.6 is 0 Å². The lowest BCUT2D eigenvalue weighted by molar-refractivity contribution is 0.0945. The Morgan fingerprint density at radius 3 is 2.61 bits per heavy atom. The monoisotopic (exact) mass is 374 g/mol. The van der Waals surface area contributed by atoms with Crippen molar-refractivity contribution in [2.24, 2.45) is 0 Å². The summed E-state index contributed by atoms with van der Waals surface area (Å²) in [5.74, 6) is 0.168. The van der Waals surface area contributed by atoms with E-state index in [-0.39, 0.29) is 19.1 Å². The summed E-state index contributed by atoms with van der Waals surface area (Å²) in [4.78, 5) is 20.1. The van der Waals surface area contributed by atoms with Crippen LogP contribution in [-0.4, -0.2) is 44.3 Å². The van der Waals surface area contributed by atoms with Crippen LogP contribution in [0.2, 0.25) is 0 Å². The molecule has 2 aromatic carbocycles. The number of aliphatic hydroxyl groups excluding tert-OH is 1. The smallest absolute Gasteiger partial charge is 0.251 e. The minimum absolute atomic E-state index is 0.0884. The molecule has 5 N–H and O–H groups in total. The number of nitrogens with one attached hydrogen (secondary N) is 2. The Kier molecular flexibility index (Phi) is 4.69. The Morgan fingerprint density at radius 1 is 1.07 bits per heavy atom. The number of H-pyrrole nitrogens is 1. The SMILES string of the molecule is Nc1cc(-c2n[nH]c3ccc(-c4ccc(C(=O)NCCO)cc4)cc23)ncn1. The molecule has 0 aliphatic carbocycles. The maximum absolute atomic E-state index is 12.0. The Labute approximate surface area is 160 Å². The van der Waals surface area contributed by atoms with E-state index in [1.807, 2.05) is 30.3 Å². The number of amides is 1. The average Bonchev–Trinajstić information content (AvgIpc) is 3.15. The third kappa shape index (κ3) is 3.40. The number of carbonyl (C=O) groups is 1. The molecule has 8 heteroatoms. The normalized spacial score (nSPS) is 10.9. The first kappa shape index (κ1) is 17.6. The van der Waals surface area contributed by atoms with Crippen molar-refractivity contribution in [1.82, 2.24) is 25.5 Å². The van der Waals surface area contributed by atoms with E-state index < -0.39 is 0 Å². The number of aliphatic hydroxyl groups is 1. The molecule has 4 rings (SSSR count). The second-order valence-corrected chi connectivity index (χ2v) is 6.22. The Balaban J connectivity index is 1.68. The van der Waals surface area contributed by atoms with Gasteiger partial charge in [0, 0.05) is 23.6 Å². The summed E-state index contributed by atoms with van der Waals surface area (Å²) in [5.41, 5.74) is 10.5. The lowest BCUT2D eigenvalue weighted by Gasteiger charge is -2.06.